The third-order valence-corrected chi connectivity index (χ3v) is 3.37. The molecule has 0 radical (unpaired) electrons. The summed E-state index contributed by atoms with van der Waals surface area (Å²) in [6, 6.07) is 7.66. The fourth-order valence-corrected chi connectivity index (χ4v) is 2.44. The molecule has 3 unspecified atom stereocenters. The summed E-state index contributed by atoms with van der Waals surface area (Å²) in [4.78, 5) is 0. The topological polar surface area (TPSA) is 27.7 Å². The van der Waals surface area contributed by atoms with Crippen molar-refractivity contribution in [3.63, 3.8) is 0 Å². The van der Waals surface area contributed by atoms with Gasteiger partial charge in [-0.1, -0.05) is 6.07 Å². The van der Waals surface area contributed by atoms with Crippen molar-refractivity contribution in [1.29, 1.82) is 0 Å². The van der Waals surface area contributed by atoms with Crippen molar-refractivity contribution in [1.82, 2.24) is 0 Å². The molecule has 4 heteroatoms. The smallest absolute Gasteiger partial charge is 0.128 e. The van der Waals surface area contributed by atoms with Gasteiger partial charge in [0.1, 0.15) is 23.7 Å². The summed E-state index contributed by atoms with van der Waals surface area (Å²) in [5.74, 6) is 1.63. The van der Waals surface area contributed by atoms with Crippen molar-refractivity contribution in [2.24, 2.45) is 0 Å². The maximum Gasteiger partial charge on any atom is 0.128 e. The molecule has 3 atom stereocenters. The van der Waals surface area contributed by atoms with Crippen molar-refractivity contribution in [2.45, 2.75) is 37.9 Å². The van der Waals surface area contributed by atoms with Gasteiger partial charge < -0.3 is 14.2 Å². The monoisotopic (exact) mass is 270 g/mol. The quantitative estimate of drug-likeness (QED) is 0.743. The fourth-order valence-electron chi connectivity index (χ4n) is 2.03. The summed E-state index contributed by atoms with van der Waals surface area (Å²) in [7, 11) is 0. The molecule has 0 aromatic heterocycles. The minimum atomic E-state index is -0.00702. The Kier molecular flexibility index (Phi) is 4.72. The van der Waals surface area contributed by atoms with Crippen molar-refractivity contribution >= 4 is 11.6 Å². The van der Waals surface area contributed by atoms with Gasteiger partial charge in [0.05, 0.1) is 12.0 Å². The SMILES string of the molecule is CCOc1cccc(OC2CC(Cl)C2OCC)c1. The van der Waals surface area contributed by atoms with Gasteiger partial charge in [0.2, 0.25) is 0 Å². The molecule has 0 aliphatic heterocycles. The zero-order valence-electron chi connectivity index (χ0n) is 10.8. The Morgan fingerprint density at radius 3 is 2.67 bits per heavy atom. The van der Waals surface area contributed by atoms with Gasteiger partial charge in [0, 0.05) is 19.1 Å². The van der Waals surface area contributed by atoms with E-state index in [2.05, 4.69) is 0 Å². The predicted octanol–water partition coefficient (Wildman–Crippen LogP) is 3.25. The van der Waals surface area contributed by atoms with Gasteiger partial charge in [0.25, 0.3) is 0 Å². The lowest BCUT2D eigenvalue weighted by atomic mass is 9.91. The molecule has 100 valence electrons. The number of alkyl halides is 1. The second kappa shape index (κ2) is 6.30. The second-order valence-electron chi connectivity index (χ2n) is 4.24. The lowest BCUT2D eigenvalue weighted by molar-refractivity contribution is -0.0760. The summed E-state index contributed by atoms with van der Waals surface area (Å²) >= 11 is 6.11. The van der Waals surface area contributed by atoms with Crippen LogP contribution < -0.4 is 9.47 Å². The first-order chi connectivity index (χ1) is 8.74. The van der Waals surface area contributed by atoms with E-state index in [4.69, 9.17) is 25.8 Å². The van der Waals surface area contributed by atoms with E-state index in [0.29, 0.717) is 13.2 Å². The van der Waals surface area contributed by atoms with Crippen LogP contribution in [0.1, 0.15) is 20.3 Å². The summed E-state index contributed by atoms with van der Waals surface area (Å²) < 4.78 is 16.9. The largest absolute Gasteiger partial charge is 0.494 e. The van der Waals surface area contributed by atoms with Gasteiger partial charge in [-0.05, 0) is 26.0 Å². The molecule has 2 rings (SSSR count). The Morgan fingerprint density at radius 2 is 2.00 bits per heavy atom. The average molecular weight is 271 g/mol. The second-order valence-corrected chi connectivity index (χ2v) is 4.80. The molecule has 1 fully saturated rings. The van der Waals surface area contributed by atoms with Crippen LogP contribution in [0, 0.1) is 0 Å². The number of rotatable bonds is 6. The van der Waals surface area contributed by atoms with E-state index in [9.17, 15) is 0 Å². The standard InChI is InChI=1S/C14H19ClO3/c1-3-16-10-6-5-7-11(8-10)18-13-9-12(15)14(13)17-4-2/h5-8,12-14H,3-4,9H2,1-2H3. The zero-order valence-corrected chi connectivity index (χ0v) is 11.5. The molecule has 0 amide bonds. The van der Waals surface area contributed by atoms with Gasteiger partial charge in [-0.2, -0.15) is 0 Å². The fraction of sp³-hybridized carbons (Fsp3) is 0.571. The molecule has 0 spiro atoms. The van der Waals surface area contributed by atoms with Gasteiger partial charge in [0.15, 0.2) is 0 Å². The van der Waals surface area contributed by atoms with Crippen LogP contribution in [-0.4, -0.2) is 30.8 Å². The van der Waals surface area contributed by atoms with Gasteiger partial charge in [-0.15, -0.1) is 11.6 Å². The Morgan fingerprint density at radius 1 is 1.22 bits per heavy atom. The molecule has 1 aromatic rings. The lowest BCUT2D eigenvalue weighted by Gasteiger charge is -2.40. The molecular weight excluding hydrogens is 252 g/mol. The first kappa shape index (κ1) is 13.5. The Balaban J connectivity index is 1.95. The van der Waals surface area contributed by atoms with Crippen molar-refractivity contribution < 1.29 is 14.2 Å². The van der Waals surface area contributed by atoms with E-state index >= 15 is 0 Å². The third kappa shape index (κ3) is 3.09. The van der Waals surface area contributed by atoms with E-state index in [1.807, 2.05) is 38.1 Å². The highest BCUT2D eigenvalue weighted by Gasteiger charge is 2.42. The van der Waals surface area contributed by atoms with Crippen LogP contribution in [0.3, 0.4) is 0 Å². The lowest BCUT2D eigenvalue weighted by Crippen LogP contribution is -2.52. The van der Waals surface area contributed by atoms with E-state index < -0.39 is 0 Å². The maximum atomic E-state index is 6.11. The van der Waals surface area contributed by atoms with E-state index in [0.717, 1.165) is 17.9 Å². The number of ether oxygens (including phenoxy) is 3. The van der Waals surface area contributed by atoms with Crippen LogP contribution >= 0.6 is 11.6 Å². The first-order valence-corrected chi connectivity index (χ1v) is 6.83. The number of hydrogen-bond acceptors (Lipinski definition) is 3. The summed E-state index contributed by atoms with van der Waals surface area (Å²) in [6.07, 6.45) is 0.863. The van der Waals surface area contributed by atoms with Crippen LogP contribution in [0.2, 0.25) is 0 Å². The van der Waals surface area contributed by atoms with Crippen molar-refractivity contribution in [3.8, 4) is 11.5 Å². The molecule has 1 aliphatic rings. The minimum Gasteiger partial charge on any atom is -0.494 e. The average Bonchev–Trinajstić information content (AvgIpc) is 2.36. The highest BCUT2D eigenvalue weighted by Crippen LogP contribution is 2.33. The predicted molar refractivity (Wildman–Crippen MR) is 71.7 cm³/mol. The summed E-state index contributed by atoms with van der Waals surface area (Å²) in [5.41, 5.74) is 0. The van der Waals surface area contributed by atoms with Crippen molar-refractivity contribution in [3.05, 3.63) is 24.3 Å². The Labute approximate surface area is 113 Å². The van der Waals surface area contributed by atoms with Crippen molar-refractivity contribution in [2.75, 3.05) is 13.2 Å². The molecule has 3 nitrogen and oxygen atoms in total. The molecule has 0 saturated heterocycles. The summed E-state index contributed by atoms with van der Waals surface area (Å²) in [5, 5.41) is 0.0602. The normalized spacial score (nSPS) is 26.5. The molecular formula is C14H19ClO3. The molecule has 18 heavy (non-hydrogen) atoms. The van der Waals surface area contributed by atoms with Gasteiger partial charge >= 0.3 is 0 Å². The molecule has 1 aromatic carbocycles. The Bertz CT molecular complexity index is 383. The zero-order chi connectivity index (χ0) is 13.0. The van der Waals surface area contributed by atoms with E-state index in [1.54, 1.807) is 0 Å². The highest BCUT2D eigenvalue weighted by molar-refractivity contribution is 6.21. The van der Waals surface area contributed by atoms with Crippen LogP contribution in [0.15, 0.2) is 24.3 Å². The summed E-state index contributed by atoms with van der Waals surface area (Å²) in [6.45, 7) is 5.24. The number of benzene rings is 1. The molecule has 1 saturated carbocycles. The highest BCUT2D eigenvalue weighted by atomic mass is 35.5. The third-order valence-electron chi connectivity index (χ3n) is 2.94. The minimum absolute atomic E-state index is 0.00702. The van der Waals surface area contributed by atoms with E-state index in [1.165, 1.54) is 0 Å². The molecule has 1 aliphatic carbocycles. The molecule has 0 N–H and O–H groups in total. The first-order valence-electron chi connectivity index (χ1n) is 6.39. The van der Waals surface area contributed by atoms with E-state index in [-0.39, 0.29) is 17.6 Å². The Hall–Kier alpha value is -0.930. The number of halogens is 1. The van der Waals surface area contributed by atoms with Gasteiger partial charge in [-0.3, -0.25) is 0 Å². The number of hydrogen-bond donors (Lipinski definition) is 0. The molecule has 0 bridgehead atoms. The van der Waals surface area contributed by atoms with Crippen LogP contribution in [-0.2, 0) is 4.74 Å². The molecule has 0 heterocycles. The van der Waals surface area contributed by atoms with Crippen LogP contribution in [0.5, 0.6) is 11.5 Å². The maximum absolute atomic E-state index is 6.11. The van der Waals surface area contributed by atoms with Gasteiger partial charge in [-0.25, -0.2) is 0 Å². The van der Waals surface area contributed by atoms with Crippen LogP contribution in [0.4, 0.5) is 0 Å². The van der Waals surface area contributed by atoms with Crippen LogP contribution in [0.25, 0.3) is 0 Å².